The number of piperazine rings is 1. The number of benzene rings is 1. The Morgan fingerprint density at radius 1 is 1.25 bits per heavy atom. The Bertz CT molecular complexity index is 1060. The average molecular weight is 384 g/mol. The number of nitrogens with zero attached hydrogens (tertiary/aromatic N) is 7. The Morgan fingerprint density at radius 3 is 2.68 bits per heavy atom. The topological polar surface area (TPSA) is 160 Å². The molecule has 4 rings (SSSR count). The molecule has 0 atom stereocenters. The van der Waals surface area contributed by atoms with Crippen molar-refractivity contribution in [1.29, 1.82) is 0 Å². The maximum atomic E-state index is 11.3. The molecule has 1 aliphatic rings. The number of pyridine rings is 1. The van der Waals surface area contributed by atoms with Crippen LogP contribution >= 0.6 is 0 Å². The molecule has 3 heterocycles. The average Bonchev–Trinajstić information content (AvgIpc) is 3.14. The number of aromatic nitrogens is 3. The van der Waals surface area contributed by atoms with E-state index in [4.69, 9.17) is 5.73 Å². The molecule has 12 nitrogen and oxygen atoms in total. The number of anilines is 2. The molecule has 0 spiro atoms. The molecule has 0 unspecified atom stereocenters. The maximum absolute atomic E-state index is 11.3. The van der Waals surface area contributed by atoms with Gasteiger partial charge in [-0.05, 0) is 28.5 Å². The van der Waals surface area contributed by atoms with E-state index in [9.17, 15) is 15.3 Å². The standard InChI is InChI=1S/C16H16N8O4/c17-15-14(20-28-21-15)16(19-25)23-8-6-22(7-9-23)12-4-3-11(24(26)27)10-2-1-5-18-13(10)12/h1-5,25H,6-9H2,(H2,17,21)/b19-16-. The summed E-state index contributed by atoms with van der Waals surface area (Å²) in [6.07, 6.45) is 1.61. The van der Waals surface area contributed by atoms with Crippen LogP contribution in [0.2, 0.25) is 0 Å². The van der Waals surface area contributed by atoms with Crippen LogP contribution in [0, 0.1) is 10.1 Å². The molecule has 0 amide bonds. The van der Waals surface area contributed by atoms with Gasteiger partial charge in [0.15, 0.2) is 11.5 Å². The predicted molar refractivity (Wildman–Crippen MR) is 99.2 cm³/mol. The first-order valence-electron chi connectivity index (χ1n) is 8.42. The van der Waals surface area contributed by atoms with E-state index in [1.54, 1.807) is 24.4 Å². The van der Waals surface area contributed by atoms with Gasteiger partial charge in [0, 0.05) is 38.4 Å². The minimum absolute atomic E-state index is 0.0224. The van der Waals surface area contributed by atoms with Gasteiger partial charge in [0.1, 0.15) is 5.52 Å². The van der Waals surface area contributed by atoms with Gasteiger partial charge in [-0.15, -0.1) is 0 Å². The van der Waals surface area contributed by atoms with Crippen LogP contribution < -0.4 is 10.6 Å². The summed E-state index contributed by atoms with van der Waals surface area (Å²) in [5, 5.41) is 31.6. The number of hydrogen-bond donors (Lipinski definition) is 2. The third-order valence-electron chi connectivity index (χ3n) is 4.66. The Kier molecular flexibility index (Phi) is 4.35. The molecule has 0 aliphatic carbocycles. The summed E-state index contributed by atoms with van der Waals surface area (Å²) in [7, 11) is 0. The van der Waals surface area contributed by atoms with Crippen molar-refractivity contribution in [2.45, 2.75) is 0 Å². The lowest BCUT2D eigenvalue weighted by atomic mass is 10.1. The van der Waals surface area contributed by atoms with Crippen LogP contribution in [-0.2, 0) is 0 Å². The molecule has 0 bridgehead atoms. The molecule has 144 valence electrons. The van der Waals surface area contributed by atoms with Gasteiger partial charge in [0.05, 0.1) is 16.0 Å². The fourth-order valence-corrected chi connectivity index (χ4v) is 3.33. The largest absolute Gasteiger partial charge is 0.409 e. The van der Waals surface area contributed by atoms with Crippen molar-refractivity contribution in [3.8, 4) is 0 Å². The molecule has 28 heavy (non-hydrogen) atoms. The van der Waals surface area contributed by atoms with Crippen molar-refractivity contribution in [3.05, 3.63) is 46.3 Å². The number of nitrogens with two attached hydrogens (primary N) is 1. The highest BCUT2D eigenvalue weighted by Crippen LogP contribution is 2.32. The SMILES string of the molecule is Nc1nonc1/C(=N/O)N1CCN(c2ccc([N+](=O)[O-])c3cccnc23)CC1. The smallest absolute Gasteiger partial charge is 0.278 e. The van der Waals surface area contributed by atoms with Crippen molar-refractivity contribution < 1.29 is 14.8 Å². The van der Waals surface area contributed by atoms with Crippen LogP contribution in [0.25, 0.3) is 10.9 Å². The summed E-state index contributed by atoms with van der Waals surface area (Å²) >= 11 is 0. The van der Waals surface area contributed by atoms with E-state index in [0.717, 1.165) is 5.69 Å². The first kappa shape index (κ1) is 17.5. The number of oxime groups is 1. The lowest BCUT2D eigenvalue weighted by Gasteiger charge is -2.36. The van der Waals surface area contributed by atoms with Gasteiger partial charge in [-0.25, -0.2) is 4.63 Å². The summed E-state index contributed by atoms with van der Waals surface area (Å²) < 4.78 is 4.57. The number of rotatable bonds is 3. The number of fused-ring (bicyclic) bond motifs is 1. The Labute approximate surface area is 158 Å². The van der Waals surface area contributed by atoms with Crippen molar-refractivity contribution in [2.75, 3.05) is 36.8 Å². The van der Waals surface area contributed by atoms with E-state index in [0.29, 0.717) is 37.1 Å². The molecule has 2 aromatic heterocycles. The van der Waals surface area contributed by atoms with E-state index in [1.165, 1.54) is 6.07 Å². The van der Waals surface area contributed by atoms with E-state index in [2.05, 4.69) is 30.0 Å². The molecule has 0 radical (unpaired) electrons. The Morgan fingerprint density at radius 2 is 2.04 bits per heavy atom. The highest BCUT2D eigenvalue weighted by atomic mass is 16.6. The van der Waals surface area contributed by atoms with Crippen LogP contribution in [0.1, 0.15) is 5.69 Å². The fourth-order valence-electron chi connectivity index (χ4n) is 3.33. The van der Waals surface area contributed by atoms with E-state index < -0.39 is 4.92 Å². The minimum Gasteiger partial charge on any atom is -0.409 e. The number of nitro benzene ring substituents is 1. The molecule has 1 aliphatic heterocycles. The van der Waals surface area contributed by atoms with Crippen molar-refractivity contribution in [2.24, 2.45) is 5.16 Å². The first-order chi connectivity index (χ1) is 13.6. The molecule has 1 fully saturated rings. The summed E-state index contributed by atoms with van der Waals surface area (Å²) in [6.45, 7) is 2.18. The van der Waals surface area contributed by atoms with Crippen LogP contribution in [0.15, 0.2) is 40.2 Å². The number of nitro groups is 1. The fraction of sp³-hybridized carbons (Fsp3) is 0.250. The van der Waals surface area contributed by atoms with E-state index in [-0.39, 0.29) is 23.0 Å². The van der Waals surface area contributed by atoms with Gasteiger partial charge < -0.3 is 20.7 Å². The molecule has 0 saturated carbocycles. The lowest BCUT2D eigenvalue weighted by molar-refractivity contribution is -0.383. The number of hydrogen-bond acceptors (Lipinski definition) is 10. The van der Waals surface area contributed by atoms with Gasteiger partial charge in [0.25, 0.3) is 5.69 Å². The summed E-state index contributed by atoms with van der Waals surface area (Å²) in [5.74, 6) is 0.228. The highest BCUT2D eigenvalue weighted by molar-refractivity contribution is 6.00. The Hall–Kier alpha value is -3.96. The zero-order valence-electron chi connectivity index (χ0n) is 14.6. The van der Waals surface area contributed by atoms with Gasteiger partial charge in [-0.1, -0.05) is 5.16 Å². The number of nitrogen functional groups attached to an aromatic ring is 1. The number of non-ortho nitro benzene ring substituents is 1. The minimum atomic E-state index is -0.411. The maximum Gasteiger partial charge on any atom is 0.278 e. The second-order valence-corrected chi connectivity index (χ2v) is 6.16. The third kappa shape index (κ3) is 2.90. The normalized spacial score (nSPS) is 15.2. The van der Waals surface area contributed by atoms with Gasteiger partial charge in [-0.2, -0.15) is 0 Å². The first-order valence-corrected chi connectivity index (χ1v) is 8.42. The second kappa shape index (κ2) is 6.98. The zero-order chi connectivity index (χ0) is 19.7. The molecule has 3 N–H and O–H groups in total. The third-order valence-corrected chi connectivity index (χ3v) is 4.66. The summed E-state index contributed by atoms with van der Waals surface area (Å²) in [5.41, 5.74) is 7.27. The summed E-state index contributed by atoms with van der Waals surface area (Å²) in [4.78, 5) is 19.1. The van der Waals surface area contributed by atoms with Gasteiger partial charge >= 0.3 is 0 Å². The quantitative estimate of drug-likeness (QED) is 0.220. The van der Waals surface area contributed by atoms with Crippen LogP contribution in [0.5, 0.6) is 0 Å². The lowest BCUT2D eigenvalue weighted by Crippen LogP contribution is -2.49. The van der Waals surface area contributed by atoms with Crippen molar-refractivity contribution in [1.82, 2.24) is 20.2 Å². The molecule has 1 saturated heterocycles. The molecule has 12 heteroatoms. The van der Waals surface area contributed by atoms with Crippen LogP contribution in [0.3, 0.4) is 0 Å². The second-order valence-electron chi connectivity index (χ2n) is 6.16. The molecular weight excluding hydrogens is 368 g/mol. The number of amidine groups is 1. The van der Waals surface area contributed by atoms with Crippen molar-refractivity contribution >= 4 is 33.9 Å². The van der Waals surface area contributed by atoms with E-state index in [1.807, 2.05) is 4.90 Å². The van der Waals surface area contributed by atoms with Crippen LogP contribution in [-0.4, -0.2) is 62.3 Å². The molecule has 1 aromatic carbocycles. The van der Waals surface area contributed by atoms with Gasteiger partial charge in [-0.3, -0.25) is 15.1 Å². The molecular formula is C16H16N8O4. The van der Waals surface area contributed by atoms with Crippen LogP contribution in [0.4, 0.5) is 17.2 Å². The zero-order valence-corrected chi connectivity index (χ0v) is 14.6. The van der Waals surface area contributed by atoms with Gasteiger partial charge in [0.2, 0.25) is 5.84 Å². The molecule has 3 aromatic rings. The Balaban J connectivity index is 1.59. The summed E-state index contributed by atoms with van der Waals surface area (Å²) in [6, 6.07) is 6.58. The van der Waals surface area contributed by atoms with Crippen molar-refractivity contribution in [3.63, 3.8) is 0 Å². The monoisotopic (exact) mass is 384 g/mol. The predicted octanol–water partition coefficient (Wildman–Crippen LogP) is 1.07. The highest BCUT2D eigenvalue weighted by Gasteiger charge is 2.27. The van der Waals surface area contributed by atoms with E-state index >= 15 is 0 Å².